The normalized spacial score (nSPS) is 14.6. The van der Waals surface area contributed by atoms with Gasteiger partial charge in [-0.15, -0.1) is 0 Å². The molecule has 32 heavy (non-hydrogen) atoms. The Kier molecular flexibility index (Phi) is 7.40. The highest BCUT2D eigenvalue weighted by molar-refractivity contribution is 6.30. The third-order valence-corrected chi connectivity index (χ3v) is 5.59. The molecule has 0 bridgehead atoms. The molecule has 2 amide bonds. The van der Waals surface area contributed by atoms with E-state index in [1.54, 1.807) is 24.3 Å². The lowest BCUT2D eigenvalue weighted by Crippen LogP contribution is -2.39. The lowest BCUT2D eigenvalue weighted by atomic mass is 9.79. The van der Waals surface area contributed by atoms with Crippen molar-refractivity contribution in [3.8, 4) is 0 Å². The number of carbonyl (C=O) groups is 3. The molecule has 3 rings (SSSR count). The molecule has 1 aliphatic carbocycles. The molecule has 0 heterocycles. The van der Waals surface area contributed by atoms with Crippen LogP contribution in [0.3, 0.4) is 0 Å². The van der Waals surface area contributed by atoms with E-state index in [1.165, 1.54) is 0 Å². The minimum atomic E-state index is -1.72. The zero-order valence-electron chi connectivity index (χ0n) is 16.9. The van der Waals surface area contributed by atoms with Crippen molar-refractivity contribution in [3.63, 3.8) is 0 Å². The van der Waals surface area contributed by atoms with E-state index in [0.717, 1.165) is 24.5 Å². The van der Waals surface area contributed by atoms with Crippen LogP contribution in [0, 0.1) is 17.5 Å². The number of nitrogens with one attached hydrogen (secondary N) is 2. The van der Waals surface area contributed by atoms with E-state index in [2.05, 4.69) is 5.32 Å². The summed E-state index contributed by atoms with van der Waals surface area (Å²) in [5.41, 5.74) is -0.662. The van der Waals surface area contributed by atoms with Crippen molar-refractivity contribution in [3.05, 3.63) is 64.4 Å². The van der Waals surface area contributed by atoms with Crippen molar-refractivity contribution >= 4 is 35.1 Å². The van der Waals surface area contributed by atoms with E-state index >= 15 is 0 Å². The standard InChI is InChI=1S/C22H20ClF3N2O4/c23-14-5-3-13(4-6-14)22(9-1-2-10-22)21(31)32-12-18(30)27-11-17(29)28-16-8-7-15(24)19(25)20(16)26/h3-8H,1-2,9-12H2,(H,27,30)(H,28,29). The summed E-state index contributed by atoms with van der Waals surface area (Å²) in [5.74, 6) is -6.83. The predicted molar refractivity (Wildman–Crippen MR) is 111 cm³/mol. The van der Waals surface area contributed by atoms with E-state index in [1.807, 2.05) is 5.32 Å². The summed E-state index contributed by atoms with van der Waals surface area (Å²) in [6, 6.07) is 8.41. The first-order valence-electron chi connectivity index (χ1n) is 9.86. The number of benzene rings is 2. The second-order valence-electron chi connectivity index (χ2n) is 7.42. The van der Waals surface area contributed by atoms with Crippen molar-refractivity contribution in [2.45, 2.75) is 31.1 Å². The van der Waals surface area contributed by atoms with Crippen LogP contribution in [0.1, 0.15) is 31.2 Å². The van der Waals surface area contributed by atoms with Crippen LogP contribution >= 0.6 is 11.6 Å². The maximum absolute atomic E-state index is 13.6. The molecule has 0 saturated heterocycles. The first-order valence-corrected chi connectivity index (χ1v) is 10.2. The van der Waals surface area contributed by atoms with Crippen molar-refractivity contribution in [1.29, 1.82) is 0 Å². The Morgan fingerprint density at radius 1 is 0.938 bits per heavy atom. The van der Waals surface area contributed by atoms with Crippen LogP contribution in [0.15, 0.2) is 36.4 Å². The molecule has 1 aliphatic rings. The summed E-state index contributed by atoms with van der Waals surface area (Å²) >= 11 is 5.92. The van der Waals surface area contributed by atoms with E-state index in [0.29, 0.717) is 23.9 Å². The van der Waals surface area contributed by atoms with Gasteiger partial charge in [0.2, 0.25) is 5.91 Å². The lowest BCUT2D eigenvalue weighted by Gasteiger charge is -2.27. The molecular formula is C22H20ClF3N2O4. The molecule has 2 aromatic carbocycles. The summed E-state index contributed by atoms with van der Waals surface area (Å²) in [6.45, 7) is -1.20. The number of anilines is 1. The fourth-order valence-corrected chi connectivity index (χ4v) is 3.80. The van der Waals surface area contributed by atoms with E-state index in [9.17, 15) is 27.6 Å². The lowest BCUT2D eigenvalue weighted by molar-refractivity contribution is -0.154. The smallest absolute Gasteiger partial charge is 0.317 e. The van der Waals surface area contributed by atoms with Gasteiger partial charge in [0.25, 0.3) is 5.91 Å². The van der Waals surface area contributed by atoms with Crippen molar-refractivity contribution in [1.82, 2.24) is 5.32 Å². The molecule has 0 spiro atoms. The number of hydrogen-bond acceptors (Lipinski definition) is 4. The van der Waals surface area contributed by atoms with Gasteiger partial charge in [0.05, 0.1) is 17.6 Å². The zero-order chi connectivity index (χ0) is 23.3. The van der Waals surface area contributed by atoms with Gasteiger partial charge in [-0.1, -0.05) is 36.6 Å². The van der Waals surface area contributed by atoms with Crippen LogP contribution in [0.5, 0.6) is 0 Å². The molecule has 170 valence electrons. The fraction of sp³-hybridized carbons (Fsp3) is 0.318. The molecule has 0 aliphatic heterocycles. The Balaban J connectivity index is 1.52. The van der Waals surface area contributed by atoms with Gasteiger partial charge in [-0.05, 0) is 42.7 Å². The molecule has 0 unspecified atom stereocenters. The molecule has 2 N–H and O–H groups in total. The highest BCUT2D eigenvalue weighted by atomic mass is 35.5. The number of hydrogen-bond donors (Lipinski definition) is 2. The highest BCUT2D eigenvalue weighted by Crippen LogP contribution is 2.42. The summed E-state index contributed by atoms with van der Waals surface area (Å²) in [5, 5.41) is 4.78. The van der Waals surface area contributed by atoms with Gasteiger partial charge < -0.3 is 15.4 Å². The quantitative estimate of drug-likeness (QED) is 0.477. The van der Waals surface area contributed by atoms with Crippen LogP contribution in [-0.4, -0.2) is 30.9 Å². The fourth-order valence-electron chi connectivity index (χ4n) is 3.67. The van der Waals surface area contributed by atoms with Gasteiger partial charge in [-0.2, -0.15) is 0 Å². The van der Waals surface area contributed by atoms with Gasteiger partial charge in [0, 0.05) is 5.02 Å². The first kappa shape index (κ1) is 23.6. The number of rotatable bonds is 7. The molecule has 0 aromatic heterocycles. The monoisotopic (exact) mass is 468 g/mol. The zero-order valence-corrected chi connectivity index (χ0v) is 17.6. The van der Waals surface area contributed by atoms with Crippen LogP contribution in [-0.2, 0) is 24.5 Å². The Morgan fingerprint density at radius 2 is 1.59 bits per heavy atom. The van der Waals surface area contributed by atoms with Gasteiger partial charge in [-0.3, -0.25) is 14.4 Å². The molecule has 6 nitrogen and oxygen atoms in total. The molecule has 1 saturated carbocycles. The molecule has 10 heteroatoms. The minimum absolute atomic E-state index is 0.538. The van der Waals surface area contributed by atoms with E-state index in [4.69, 9.17) is 16.3 Å². The largest absolute Gasteiger partial charge is 0.455 e. The third-order valence-electron chi connectivity index (χ3n) is 5.33. The number of ether oxygens (including phenoxy) is 1. The SMILES string of the molecule is O=C(COC(=O)C1(c2ccc(Cl)cc2)CCCC1)NCC(=O)Nc1ccc(F)c(F)c1F. The topological polar surface area (TPSA) is 84.5 Å². The summed E-state index contributed by atoms with van der Waals surface area (Å²) in [4.78, 5) is 36.7. The molecule has 2 aromatic rings. The summed E-state index contributed by atoms with van der Waals surface area (Å²) in [6.07, 6.45) is 2.84. The highest BCUT2D eigenvalue weighted by Gasteiger charge is 2.44. The van der Waals surface area contributed by atoms with Crippen LogP contribution in [0.25, 0.3) is 0 Å². The van der Waals surface area contributed by atoms with Gasteiger partial charge in [-0.25, -0.2) is 13.2 Å². The first-order chi connectivity index (χ1) is 15.2. The predicted octanol–water partition coefficient (Wildman–Crippen LogP) is 3.87. The number of halogens is 4. The van der Waals surface area contributed by atoms with E-state index < -0.39 is 59.5 Å². The van der Waals surface area contributed by atoms with E-state index in [-0.39, 0.29) is 0 Å². The van der Waals surface area contributed by atoms with Crippen LogP contribution in [0.2, 0.25) is 5.02 Å². The second kappa shape index (κ2) is 10.0. The molecular weight excluding hydrogens is 449 g/mol. The van der Waals surface area contributed by atoms with Gasteiger partial charge in [0.15, 0.2) is 24.1 Å². The van der Waals surface area contributed by atoms with Gasteiger partial charge >= 0.3 is 5.97 Å². The van der Waals surface area contributed by atoms with Crippen LogP contribution in [0.4, 0.5) is 18.9 Å². The number of esters is 1. The third kappa shape index (κ3) is 5.21. The summed E-state index contributed by atoms with van der Waals surface area (Å²) in [7, 11) is 0. The van der Waals surface area contributed by atoms with Crippen LogP contribution < -0.4 is 10.6 Å². The second-order valence-corrected chi connectivity index (χ2v) is 7.86. The van der Waals surface area contributed by atoms with Crippen molar-refractivity contribution in [2.24, 2.45) is 0 Å². The Morgan fingerprint density at radius 3 is 2.25 bits per heavy atom. The number of carbonyl (C=O) groups excluding carboxylic acids is 3. The minimum Gasteiger partial charge on any atom is -0.455 e. The average Bonchev–Trinajstić information content (AvgIpc) is 3.28. The Bertz CT molecular complexity index is 1020. The molecule has 1 fully saturated rings. The van der Waals surface area contributed by atoms with Gasteiger partial charge in [0.1, 0.15) is 0 Å². The average molecular weight is 469 g/mol. The Hall–Kier alpha value is -3.07. The molecule has 0 radical (unpaired) electrons. The number of amides is 2. The Labute approximate surface area is 187 Å². The maximum atomic E-state index is 13.6. The molecule has 0 atom stereocenters. The summed E-state index contributed by atoms with van der Waals surface area (Å²) < 4.78 is 44.9. The van der Waals surface area contributed by atoms with Crippen molar-refractivity contribution in [2.75, 3.05) is 18.5 Å². The maximum Gasteiger partial charge on any atom is 0.317 e. The van der Waals surface area contributed by atoms with Crippen molar-refractivity contribution < 1.29 is 32.3 Å².